The molecule has 0 atom stereocenters. The molecule has 0 fully saturated rings. The summed E-state index contributed by atoms with van der Waals surface area (Å²) in [5, 5.41) is 3.24. The monoisotopic (exact) mass is 366 g/mol. The summed E-state index contributed by atoms with van der Waals surface area (Å²) in [5.41, 5.74) is 3.80. The van der Waals surface area contributed by atoms with Crippen molar-refractivity contribution in [1.82, 2.24) is 10.3 Å². The van der Waals surface area contributed by atoms with Crippen molar-refractivity contribution in [3.8, 4) is 11.3 Å². The lowest BCUT2D eigenvalue weighted by Crippen LogP contribution is -2.22. The highest BCUT2D eigenvalue weighted by Gasteiger charge is 2.33. The zero-order valence-electron chi connectivity index (χ0n) is 11.9. The number of carbonyl (C=O) groups is 2. The molecule has 2 N–H and O–H groups in total. The Labute approximate surface area is 140 Å². The molecule has 5 heteroatoms. The molecule has 2 aromatic carbocycles. The first-order valence-corrected chi connectivity index (χ1v) is 7.88. The lowest BCUT2D eigenvalue weighted by Gasteiger charge is -2.05. The van der Waals surface area contributed by atoms with Crippen molar-refractivity contribution in [2.24, 2.45) is 0 Å². The molecule has 1 aliphatic heterocycles. The Morgan fingerprint density at radius 1 is 0.826 bits per heavy atom. The van der Waals surface area contributed by atoms with Crippen molar-refractivity contribution in [3.63, 3.8) is 0 Å². The van der Waals surface area contributed by atoms with E-state index < -0.39 is 5.91 Å². The zero-order valence-corrected chi connectivity index (χ0v) is 13.5. The minimum absolute atomic E-state index is 0.268. The number of hydrogen-bond donors (Lipinski definition) is 2. The minimum Gasteiger partial charge on any atom is -0.354 e. The molecule has 0 spiro atoms. The van der Waals surface area contributed by atoms with Crippen molar-refractivity contribution < 1.29 is 9.59 Å². The number of hydrogen-bond acceptors (Lipinski definition) is 2. The third-order valence-electron chi connectivity index (χ3n) is 3.89. The number of imide groups is 1. The second-order valence-electron chi connectivity index (χ2n) is 5.26. The summed E-state index contributed by atoms with van der Waals surface area (Å²) in [4.78, 5) is 27.5. The highest BCUT2D eigenvalue weighted by Crippen LogP contribution is 2.39. The van der Waals surface area contributed by atoms with Crippen molar-refractivity contribution in [3.05, 3.63) is 64.6 Å². The number of amides is 2. The summed E-state index contributed by atoms with van der Waals surface area (Å²) in [7, 11) is 0. The number of rotatable bonds is 2. The fourth-order valence-corrected chi connectivity index (χ4v) is 3.36. The summed E-state index contributed by atoms with van der Waals surface area (Å²) in [6, 6.07) is 17.5. The van der Waals surface area contributed by atoms with Crippen LogP contribution in [0, 0.1) is 0 Å². The summed E-state index contributed by atoms with van der Waals surface area (Å²) in [5.74, 6) is -0.793. The SMILES string of the molecule is O=C1NC(=O)C(c2c(-c3ccccc3)[nH]c3ccccc23)=C1Br. The number of H-pyrrole nitrogens is 1. The van der Waals surface area contributed by atoms with Gasteiger partial charge in [0.25, 0.3) is 11.8 Å². The van der Waals surface area contributed by atoms with Crippen LogP contribution in [0.4, 0.5) is 0 Å². The van der Waals surface area contributed by atoms with E-state index in [4.69, 9.17) is 0 Å². The summed E-state index contributed by atoms with van der Waals surface area (Å²) in [6.45, 7) is 0. The van der Waals surface area contributed by atoms with Gasteiger partial charge < -0.3 is 4.98 Å². The lowest BCUT2D eigenvalue weighted by atomic mass is 9.98. The van der Waals surface area contributed by atoms with E-state index >= 15 is 0 Å². The molecule has 23 heavy (non-hydrogen) atoms. The number of aromatic nitrogens is 1. The number of aromatic amines is 1. The molecule has 1 aromatic heterocycles. The highest BCUT2D eigenvalue weighted by molar-refractivity contribution is 9.12. The van der Waals surface area contributed by atoms with Gasteiger partial charge in [0.05, 0.1) is 15.7 Å². The lowest BCUT2D eigenvalue weighted by molar-refractivity contribution is -0.123. The average molecular weight is 367 g/mol. The van der Waals surface area contributed by atoms with Crippen LogP contribution in [-0.4, -0.2) is 16.8 Å². The van der Waals surface area contributed by atoms with E-state index in [2.05, 4.69) is 26.2 Å². The fourth-order valence-electron chi connectivity index (χ4n) is 2.88. The van der Waals surface area contributed by atoms with Crippen molar-refractivity contribution in [2.75, 3.05) is 0 Å². The smallest absolute Gasteiger partial charge is 0.265 e. The maximum absolute atomic E-state index is 12.3. The molecule has 3 aromatic rings. The number of halogens is 1. The van der Waals surface area contributed by atoms with Gasteiger partial charge in [-0.15, -0.1) is 0 Å². The van der Waals surface area contributed by atoms with E-state index in [-0.39, 0.29) is 10.4 Å². The number of nitrogens with one attached hydrogen (secondary N) is 2. The maximum Gasteiger partial charge on any atom is 0.265 e. The van der Waals surface area contributed by atoms with Crippen LogP contribution in [0.5, 0.6) is 0 Å². The van der Waals surface area contributed by atoms with Crippen molar-refractivity contribution in [2.45, 2.75) is 0 Å². The molecule has 1 aliphatic rings. The first-order chi connectivity index (χ1) is 11.2. The second-order valence-corrected chi connectivity index (χ2v) is 6.05. The van der Waals surface area contributed by atoms with Gasteiger partial charge in [-0.05, 0) is 27.6 Å². The van der Waals surface area contributed by atoms with Gasteiger partial charge in [0, 0.05) is 16.5 Å². The molecule has 0 unspecified atom stereocenters. The molecule has 112 valence electrons. The van der Waals surface area contributed by atoms with Crippen molar-refractivity contribution >= 4 is 44.2 Å². The Kier molecular flexibility index (Phi) is 3.16. The van der Waals surface area contributed by atoms with E-state index in [0.29, 0.717) is 5.57 Å². The Hall–Kier alpha value is -2.66. The minimum atomic E-state index is -0.408. The molecular weight excluding hydrogens is 356 g/mol. The largest absolute Gasteiger partial charge is 0.354 e. The predicted octanol–water partition coefficient (Wildman–Crippen LogP) is 3.60. The average Bonchev–Trinajstić information content (AvgIpc) is 3.06. The Morgan fingerprint density at radius 3 is 2.22 bits per heavy atom. The number of carbonyl (C=O) groups excluding carboxylic acids is 2. The van der Waals surface area contributed by atoms with Gasteiger partial charge in [0.1, 0.15) is 0 Å². The molecule has 0 saturated heterocycles. The standard InChI is InChI=1S/C18H11BrN2O2/c19-15-14(17(22)21-18(15)23)13-11-8-4-5-9-12(11)20-16(13)10-6-2-1-3-7-10/h1-9,20H,(H,21,22,23). The quantitative estimate of drug-likeness (QED) is 0.680. The van der Waals surface area contributed by atoms with Gasteiger partial charge in [0.15, 0.2) is 0 Å². The highest BCUT2D eigenvalue weighted by atomic mass is 79.9. The molecule has 2 amide bonds. The molecule has 0 aliphatic carbocycles. The second kappa shape index (κ2) is 5.21. The normalized spacial score (nSPS) is 14.7. The van der Waals surface area contributed by atoms with Crippen LogP contribution in [-0.2, 0) is 9.59 Å². The van der Waals surface area contributed by atoms with Gasteiger partial charge in [-0.2, -0.15) is 0 Å². The Balaban J connectivity index is 2.09. The van der Waals surface area contributed by atoms with Gasteiger partial charge >= 0.3 is 0 Å². The predicted molar refractivity (Wildman–Crippen MR) is 92.7 cm³/mol. The molecule has 0 radical (unpaired) electrons. The Bertz CT molecular complexity index is 987. The number of fused-ring (bicyclic) bond motifs is 1. The zero-order chi connectivity index (χ0) is 16.0. The van der Waals surface area contributed by atoms with E-state index in [1.807, 2.05) is 54.6 Å². The van der Waals surface area contributed by atoms with Gasteiger partial charge in [-0.3, -0.25) is 14.9 Å². The van der Waals surface area contributed by atoms with E-state index in [9.17, 15) is 9.59 Å². The summed E-state index contributed by atoms with van der Waals surface area (Å²) >= 11 is 3.26. The van der Waals surface area contributed by atoms with Crippen LogP contribution < -0.4 is 5.32 Å². The van der Waals surface area contributed by atoms with Crippen LogP contribution in [0.3, 0.4) is 0 Å². The summed E-state index contributed by atoms with van der Waals surface area (Å²) in [6.07, 6.45) is 0. The van der Waals surface area contributed by atoms with E-state index in [0.717, 1.165) is 27.7 Å². The van der Waals surface area contributed by atoms with Crippen molar-refractivity contribution in [1.29, 1.82) is 0 Å². The number of benzene rings is 2. The third kappa shape index (κ3) is 2.12. The molecule has 0 bridgehead atoms. The van der Waals surface area contributed by atoms with E-state index in [1.165, 1.54) is 0 Å². The molecular formula is C18H11BrN2O2. The molecule has 4 rings (SSSR count). The first kappa shape index (κ1) is 14.0. The van der Waals surface area contributed by atoms with Crippen LogP contribution in [0.2, 0.25) is 0 Å². The summed E-state index contributed by atoms with van der Waals surface area (Å²) < 4.78 is 0.268. The topological polar surface area (TPSA) is 62.0 Å². The van der Waals surface area contributed by atoms with Crippen LogP contribution in [0.1, 0.15) is 5.56 Å². The molecule has 2 heterocycles. The fraction of sp³-hybridized carbons (Fsp3) is 0. The van der Waals surface area contributed by atoms with Crippen LogP contribution in [0.25, 0.3) is 27.7 Å². The first-order valence-electron chi connectivity index (χ1n) is 7.09. The van der Waals surface area contributed by atoms with Gasteiger partial charge in [-0.1, -0.05) is 48.5 Å². The molecule has 0 saturated carbocycles. The van der Waals surface area contributed by atoms with E-state index in [1.54, 1.807) is 0 Å². The van der Waals surface area contributed by atoms with Gasteiger partial charge in [-0.25, -0.2) is 0 Å². The van der Waals surface area contributed by atoms with Crippen LogP contribution in [0.15, 0.2) is 59.1 Å². The van der Waals surface area contributed by atoms with Gasteiger partial charge in [0.2, 0.25) is 0 Å². The number of para-hydroxylation sites is 1. The third-order valence-corrected chi connectivity index (χ3v) is 4.65. The molecule has 4 nitrogen and oxygen atoms in total. The van der Waals surface area contributed by atoms with Crippen LogP contribution >= 0.6 is 15.9 Å². The maximum atomic E-state index is 12.3. The Morgan fingerprint density at radius 2 is 1.52 bits per heavy atom.